The first-order chi connectivity index (χ1) is 9.42. The number of nitrogens with two attached hydrogens (primary N) is 1. The van der Waals surface area contributed by atoms with E-state index in [0.717, 1.165) is 0 Å². The van der Waals surface area contributed by atoms with E-state index in [-0.39, 0.29) is 21.4 Å². The van der Waals surface area contributed by atoms with Crippen LogP contribution in [0.3, 0.4) is 0 Å². The van der Waals surface area contributed by atoms with Crippen molar-refractivity contribution in [1.82, 2.24) is 30.3 Å². The highest BCUT2D eigenvalue weighted by molar-refractivity contribution is 7.89. The third-order valence-electron chi connectivity index (χ3n) is 2.37. The monoisotopic (exact) mass is 313 g/mol. The summed E-state index contributed by atoms with van der Waals surface area (Å²) < 4.78 is 27.0. The summed E-state index contributed by atoms with van der Waals surface area (Å²) in [6.07, 6.45) is 1.41. The van der Waals surface area contributed by atoms with Crippen LogP contribution in [0.25, 0.3) is 0 Å². The zero-order chi connectivity index (χ0) is 14.8. The fourth-order valence-corrected chi connectivity index (χ4v) is 3.09. The summed E-state index contributed by atoms with van der Waals surface area (Å²) in [7, 11) is -3.86. The van der Waals surface area contributed by atoms with Gasteiger partial charge in [-0.3, -0.25) is 4.98 Å². The molecule has 1 unspecified atom stereocenters. The maximum absolute atomic E-state index is 12.3. The third-order valence-corrected chi connectivity index (χ3v) is 4.14. The molecule has 20 heavy (non-hydrogen) atoms. The highest BCUT2D eigenvalue weighted by atomic mass is 32.2. The van der Waals surface area contributed by atoms with Crippen LogP contribution in [0.4, 0.5) is 0 Å². The molecule has 0 aliphatic carbocycles. The predicted octanol–water partition coefficient (Wildman–Crippen LogP) is -0.732. The number of nitrogens with zero attached hydrogens (tertiary/aromatic N) is 4. The van der Waals surface area contributed by atoms with E-state index in [1.54, 1.807) is 6.92 Å². The van der Waals surface area contributed by atoms with Crippen molar-refractivity contribution >= 4 is 27.2 Å². The summed E-state index contributed by atoms with van der Waals surface area (Å²) in [4.78, 5) is 3.69. The van der Waals surface area contributed by atoms with Gasteiger partial charge in [0.05, 0.1) is 6.04 Å². The third kappa shape index (κ3) is 2.95. The second-order valence-corrected chi connectivity index (χ2v) is 5.95. The molecule has 0 saturated carbocycles. The Kier molecular flexibility index (Phi) is 4.01. The average molecular weight is 313 g/mol. The summed E-state index contributed by atoms with van der Waals surface area (Å²) in [6.45, 7) is 1.58. The molecule has 2 aromatic rings. The van der Waals surface area contributed by atoms with Crippen LogP contribution in [-0.2, 0) is 10.0 Å². The van der Waals surface area contributed by atoms with E-state index in [4.69, 9.17) is 18.0 Å². The number of sulfonamides is 1. The van der Waals surface area contributed by atoms with Gasteiger partial charge in [-0.2, -0.15) is 5.21 Å². The van der Waals surface area contributed by atoms with E-state index in [9.17, 15) is 8.42 Å². The van der Waals surface area contributed by atoms with Gasteiger partial charge in [-0.15, -0.1) is 10.2 Å². The van der Waals surface area contributed by atoms with Crippen molar-refractivity contribution in [3.63, 3.8) is 0 Å². The lowest BCUT2D eigenvalue weighted by Gasteiger charge is -2.12. The number of hydrogen-bond acceptors (Lipinski definition) is 7. The molecular weight excluding hydrogens is 302 g/mol. The zero-order valence-electron chi connectivity index (χ0n) is 10.3. The van der Waals surface area contributed by atoms with Gasteiger partial charge in [0, 0.05) is 6.20 Å². The summed E-state index contributed by atoms with van der Waals surface area (Å²) in [5.74, 6) is 0.217. The van der Waals surface area contributed by atoms with Crippen molar-refractivity contribution in [2.24, 2.45) is 5.73 Å². The number of nitrogens with one attached hydrogen (secondary N) is 2. The Hall–Kier alpha value is -1.98. The fraction of sp³-hybridized carbons (Fsp3) is 0.222. The first-order valence-electron chi connectivity index (χ1n) is 5.42. The van der Waals surface area contributed by atoms with Gasteiger partial charge in [0.2, 0.25) is 10.0 Å². The molecule has 2 aromatic heterocycles. The Morgan fingerprint density at radius 2 is 2.30 bits per heavy atom. The Morgan fingerprint density at radius 1 is 1.55 bits per heavy atom. The quantitative estimate of drug-likeness (QED) is 0.614. The molecule has 0 fully saturated rings. The SMILES string of the molecule is CC(NS(=O)(=O)c1cccnc1C(N)=S)c1nn[nH]n1. The van der Waals surface area contributed by atoms with Crippen LogP contribution in [0.2, 0.25) is 0 Å². The lowest BCUT2D eigenvalue weighted by molar-refractivity contribution is 0.559. The van der Waals surface area contributed by atoms with Crippen molar-refractivity contribution in [3.8, 4) is 0 Å². The Balaban J connectivity index is 2.34. The van der Waals surface area contributed by atoms with E-state index >= 15 is 0 Å². The number of H-pyrrole nitrogens is 1. The van der Waals surface area contributed by atoms with Gasteiger partial charge in [0.1, 0.15) is 15.6 Å². The lowest BCUT2D eigenvalue weighted by atomic mass is 10.3. The van der Waals surface area contributed by atoms with Crippen molar-refractivity contribution in [2.45, 2.75) is 17.9 Å². The van der Waals surface area contributed by atoms with Crippen molar-refractivity contribution in [3.05, 3.63) is 29.8 Å². The minimum absolute atomic E-state index is 0.0373. The molecule has 106 valence electrons. The number of tetrazole rings is 1. The molecule has 0 spiro atoms. The summed E-state index contributed by atoms with van der Waals surface area (Å²) >= 11 is 4.80. The van der Waals surface area contributed by atoms with Gasteiger partial charge in [0.25, 0.3) is 0 Å². The van der Waals surface area contributed by atoms with Crippen molar-refractivity contribution in [1.29, 1.82) is 0 Å². The molecule has 0 saturated heterocycles. The van der Waals surface area contributed by atoms with Crippen LogP contribution in [0, 0.1) is 0 Å². The number of thiocarbonyl (C=S) groups is 1. The largest absolute Gasteiger partial charge is 0.388 e. The molecule has 1 atom stereocenters. The van der Waals surface area contributed by atoms with Gasteiger partial charge in [0.15, 0.2) is 5.82 Å². The molecule has 11 heteroatoms. The molecule has 2 rings (SSSR count). The molecule has 0 amide bonds. The molecule has 0 radical (unpaired) electrons. The number of aromatic nitrogens is 5. The topological polar surface area (TPSA) is 140 Å². The van der Waals surface area contributed by atoms with Crippen LogP contribution in [0.5, 0.6) is 0 Å². The minimum atomic E-state index is -3.86. The number of hydrogen-bond donors (Lipinski definition) is 3. The van der Waals surface area contributed by atoms with E-state index < -0.39 is 16.1 Å². The molecule has 0 aliphatic heterocycles. The maximum atomic E-state index is 12.3. The molecule has 0 aromatic carbocycles. The van der Waals surface area contributed by atoms with Gasteiger partial charge in [-0.25, -0.2) is 13.1 Å². The standard InChI is InChI=1S/C9H11N7O2S2/c1-5(9-12-15-16-13-9)14-20(17,18)6-3-2-4-11-7(6)8(10)19/h2-5,14H,1H3,(H2,10,19)(H,12,13,15,16). The predicted molar refractivity (Wildman–Crippen MR) is 73.0 cm³/mol. The van der Waals surface area contributed by atoms with E-state index in [0.29, 0.717) is 0 Å². The first kappa shape index (κ1) is 14.4. The van der Waals surface area contributed by atoms with E-state index in [1.165, 1.54) is 18.3 Å². The second-order valence-electron chi connectivity index (χ2n) is 3.83. The zero-order valence-corrected chi connectivity index (χ0v) is 11.9. The Labute approximate surface area is 120 Å². The Morgan fingerprint density at radius 3 is 2.90 bits per heavy atom. The molecule has 4 N–H and O–H groups in total. The van der Waals surface area contributed by atoms with Gasteiger partial charge in [-0.05, 0) is 19.1 Å². The number of rotatable bonds is 5. The van der Waals surface area contributed by atoms with E-state index in [1.807, 2.05) is 0 Å². The van der Waals surface area contributed by atoms with Gasteiger partial charge in [-0.1, -0.05) is 17.4 Å². The van der Waals surface area contributed by atoms with Crippen molar-refractivity contribution < 1.29 is 8.42 Å². The molecular formula is C9H11N7O2S2. The van der Waals surface area contributed by atoms with Crippen LogP contribution in [-0.4, -0.2) is 39.0 Å². The smallest absolute Gasteiger partial charge is 0.243 e. The van der Waals surface area contributed by atoms with Crippen LogP contribution >= 0.6 is 12.2 Å². The number of pyridine rings is 1. The molecule has 9 nitrogen and oxygen atoms in total. The van der Waals surface area contributed by atoms with Crippen LogP contribution < -0.4 is 10.5 Å². The number of aromatic amines is 1. The Bertz CT molecular complexity index is 714. The molecule has 2 heterocycles. The highest BCUT2D eigenvalue weighted by Gasteiger charge is 2.24. The maximum Gasteiger partial charge on any atom is 0.243 e. The average Bonchev–Trinajstić information content (AvgIpc) is 2.92. The minimum Gasteiger partial charge on any atom is -0.388 e. The first-order valence-corrected chi connectivity index (χ1v) is 7.31. The summed E-state index contributed by atoms with van der Waals surface area (Å²) in [5, 5.41) is 13.0. The highest BCUT2D eigenvalue weighted by Crippen LogP contribution is 2.16. The molecule has 0 aliphatic rings. The lowest BCUT2D eigenvalue weighted by Crippen LogP contribution is -2.30. The molecule has 0 bridgehead atoms. The van der Waals surface area contributed by atoms with Crippen LogP contribution in [0.15, 0.2) is 23.2 Å². The summed E-state index contributed by atoms with van der Waals surface area (Å²) in [5.41, 5.74) is 5.51. The van der Waals surface area contributed by atoms with Crippen LogP contribution in [0.1, 0.15) is 24.5 Å². The fourth-order valence-electron chi connectivity index (χ4n) is 1.49. The van der Waals surface area contributed by atoms with Gasteiger partial charge >= 0.3 is 0 Å². The normalized spacial score (nSPS) is 13.1. The van der Waals surface area contributed by atoms with Gasteiger partial charge < -0.3 is 5.73 Å². The second kappa shape index (κ2) is 5.56. The van der Waals surface area contributed by atoms with E-state index in [2.05, 4.69) is 30.3 Å². The summed E-state index contributed by atoms with van der Waals surface area (Å²) in [6, 6.07) is 2.18. The van der Waals surface area contributed by atoms with Crippen molar-refractivity contribution in [2.75, 3.05) is 0 Å².